The van der Waals surface area contributed by atoms with Crippen LogP contribution < -0.4 is 5.32 Å². The van der Waals surface area contributed by atoms with E-state index in [1.54, 1.807) is 5.38 Å². The number of anilines is 1. The molecule has 2 rings (SSSR count). The van der Waals surface area contributed by atoms with Crippen LogP contribution in [0.1, 0.15) is 16.1 Å². The van der Waals surface area contributed by atoms with E-state index < -0.39 is 17.8 Å². The number of rotatable bonds is 2. The third kappa shape index (κ3) is 2.83. The van der Waals surface area contributed by atoms with Crippen LogP contribution >= 0.6 is 11.3 Å². The Morgan fingerprint density at radius 1 is 1.28 bits per heavy atom. The SMILES string of the molecule is O=C(Nc1nccs1)c1ccc(C(F)(F)F)nc1. The summed E-state index contributed by atoms with van der Waals surface area (Å²) < 4.78 is 36.8. The zero-order valence-electron chi connectivity index (χ0n) is 8.73. The lowest BCUT2D eigenvalue weighted by Crippen LogP contribution is -2.14. The fraction of sp³-hybridized carbons (Fsp3) is 0.100. The van der Waals surface area contributed by atoms with Gasteiger partial charge in [0.2, 0.25) is 0 Å². The van der Waals surface area contributed by atoms with Gasteiger partial charge in [-0.1, -0.05) is 0 Å². The fourth-order valence-corrected chi connectivity index (χ4v) is 1.67. The van der Waals surface area contributed by atoms with E-state index in [0.717, 1.165) is 18.3 Å². The molecule has 0 bridgehead atoms. The molecule has 2 aromatic rings. The molecule has 0 fully saturated rings. The summed E-state index contributed by atoms with van der Waals surface area (Å²) >= 11 is 1.21. The van der Waals surface area contributed by atoms with Crippen LogP contribution in [0.25, 0.3) is 0 Å². The molecule has 1 N–H and O–H groups in total. The number of alkyl halides is 3. The van der Waals surface area contributed by atoms with Gasteiger partial charge in [-0.15, -0.1) is 11.3 Å². The highest BCUT2D eigenvalue weighted by molar-refractivity contribution is 7.13. The number of aromatic nitrogens is 2. The molecule has 0 saturated carbocycles. The number of hydrogen-bond acceptors (Lipinski definition) is 4. The van der Waals surface area contributed by atoms with Gasteiger partial charge in [0.1, 0.15) is 5.69 Å². The second-order valence-corrected chi connectivity index (χ2v) is 4.12. The van der Waals surface area contributed by atoms with E-state index in [2.05, 4.69) is 15.3 Å². The molecule has 94 valence electrons. The quantitative estimate of drug-likeness (QED) is 0.915. The Morgan fingerprint density at radius 2 is 2.06 bits per heavy atom. The highest BCUT2D eigenvalue weighted by atomic mass is 32.1. The monoisotopic (exact) mass is 273 g/mol. The van der Waals surface area contributed by atoms with E-state index in [-0.39, 0.29) is 5.56 Å². The van der Waals surface area contributed by atoms with Crippen molar-refractivity contribution in [2.45, 2.75) is 6.18 Å². The van der Waals surface area contributed by atoms with Gasteiger partial charge >= 0.3 is 6.18 Å². The zero-order valence-corrected chi connectivity index (χ0v) is 9.55. The van der Waals surface area contributed by atoms with Crippen LogP contribution in [0.4, 0.5) is 18.3 Å². The molecule has 8 heteroatoms. The van der Waals surface area contributed by atoms with Crippen LogP contribution in [0.2, 0.25) is 0 Å². The average molecular weight is 273 g/mol. The maximum atomic E-state index is 12.3. The molecule has 0 aliphatic carbocycles. The minimum Gasteiger partial charge on any atom is -0.298 e. The number of pyridine rings is 1. The summed E-state index contributed by atoms with van der Waals surface area (Å²) in [7, 11) is 0. The van der Waals surface area contributed by atoms with Crippen LogP contribution in [0.15, 0.2) is 29.9 Å². The first-order valence-corrected chi connectivity index (χ1v) is 5.59. The van der Waals surface area contributed by atoms with E-state index in [1.165, 1.54) is 17.5 Å². The molecule has 0 saturated heterocycles. The van der Waals surface area contributed by atoms with Gasteiger partial charge in [-0.2, -0.15) is 13.2 Å². The summed E-state index contributed by atoms with van der Waals surface area (Å²) in [5, 5.41) is 4.49. The lowest BCUT2D eigenvalue weighted by Gasteiger charge is -2.06. The molecule has 1 amide bonds. The van der Waals surface area contributed by atoms with E-state index in [0.29, 0.717) is 5.13 Å². The van der Waals surface area contributed by atoms with Gasteiger partial charge in [0.05, 0.1) is 5.56 Å². The smallest absolute Gasteiger partial charge is 0.298 e. The van der Waals surface area contributed by atoms with E-state index in [1.807, 2.05) is 0 Å². The molecule has 0 radical (unpaired) electrons. The van der Waals surface area contributed by atoms with E-state index in [9.17, 15) is 18.0 Å². The number of thiazole rings is 1. The van der Waals surface area contributed by atoms with Gasteiger partial charge in [-0.3, -0.25) is 15.1 Å². The fourth-order valence-electron chi connectivity index (χ4n) is 1.15. The van der Waals surface area contributed by atoms with Crippen LogP contribution in [-0.2, 0) is 6.18 Å². The number of hydrogen-bond donors (Lipinski definition) is 1. The maximum absolute atomic E-state index is 12.3. The highest BCUT2D eigenvalue weighted by Crippen LogP contribution is 2.27. The Morgan fingerprint density at radius 3 is 2.56 bits per heavy atom. The van der Waals surface area contributed by atoms with Crippen molar-refractivity contribution in [2.24, 2.45) is 0 Å². The van der Waals surface area contributed by atoms with Crippen LogP contribution in [-0.4, -0.2) is 15.9 Å². The minimum atomic E-state index is -4.51. The summed E-state index contributed by atoms with van der Waals surface area (Å²) in [6.45, 7) is 0. The Hall–Kier alpha value is -1.96. The summed E-state index contributed by atoms with van der Waals surface area (Å²) in [5.41, 5.74) is -0.994. The van der Waals surface area contributed by atoms with Crippen molar-refractivity contribution in [1.29, 1.82) is 0 Å². The van der Waals surface area contributed by atoms with Gasteiger partial charge < -0.3 is 0 Å². The zero-order chi connectivity index (χ0) is 13.2. The lowest BCUT2D eigenvalue weighted by atomic mass is 10.2. The summed E-state index contributed by atoms with van der Waals surface area (Å²) in [4.78, 5) is 18.6. The molecular formula is C10H6F3N3OS. The number of amides is 1. The third-order valence-corrected chi connectivity index (χ3v) is 2.66. The van der Waals surface area contributed by atoms with Crippen LogP contribution in [0.5, 0.6) is 0 Å². The summed E-state index contributed by atoms with van der Waals surface area (Å²) in [5.74, 6) is -0.550. The highest BCUT2D eigenvalue weighted by Gasteiger charge is 2.32. The normalized spacial score (nSPS) is 11.3. The molecule has 0 spiro atoms. The molecule has 0 aliphatic rings. The topological polar surface area (TPSA) is 54.9 Å². The first-order valence-electron chi connectivity index (χ1n) is 4.71. The van der Waals surface area contributed by atoms with Crippen molar-refractivity contribution >= 4 is 22.4 Å². The van der Waals surface area contributed by atoms with Crippen molar-refractivity contribution in [1.82, 2.24) is 9.97 Å². The Balaban J connectivity index is 2.12. The molecule has 0 aliphatic heterocycles. The van der Waals surface area contributed by atoms with Gasteiger partial charge in [0.25, 0.3) is 5.91 Å². The van der Waals surface area contributed by atoms with Crippen molar-refractivity contribution in [2.75, 3.05) is 5.32 Å². The van der Waals surface area contributed by atoms with Crippen LogP contribution in [0.3, 0.4) is 0 Å². The van der Waals surface area contributed by atoms with Crippen molar-refractivity contribution < 1.29 is 18.0 Å². The van der Waals surface area contributed by atoms with Crippen molar-refractivity contribution in [3.63, 3.8) is 0 Å². The summed E-state index contributed by atoms with van der Waals surface area (Å²) in [6, 6.07) is 1.83. The van der Waals surface area contributed by atoms with E-state index >= 15 is 0 Å². The molecule has 0 unspecified atom stereocenters. The molecule has 0 atom stereocenters. The molecule has 2 aromatic heterocycles. The van der Waals surface area contributed by atoms with Gasteiger partial charge in [0.15, 0.2) is 5.13 Å². The van der Waals surface area contributed by atoms with E-state index in [4.69, 9.17) is 0 Å². The molecule has 0 aromatic carbocycles. The largest absolute Gasteiger partial charge is 0.433 e. The lowest BCUT2D eigenvalue weighted by molar-refractivity contribution is -0.141. The van der Waals surface area contributed by atoms with Gasteiger partial charge in [0, 0.05) is 17.8 Å². The Labute approximate surface area is 104 Å². The first-order chi connectivity index (χ1) is 8.47. The molecule has 4 nitrogen and oxygen atoms in total. The van der Waals surface area contributed by atoms with Gasteiger partial charge in [-0.05, 0) is 12.1 Å². The Kier molecular flexibility index (Phi) is 3.28. The second kappa shape index (κ2) is 4.73. The number of halogens is 3. The predicted molar refractivity (Wildman–Crippen MR) is 59.3 cm³/mol. The summed E-state index contributed by atoms with van der Waals surface area (Å²) in [6.07, 6.45) is -2.12. The standard InChI is InChI=1S/C10H6F3N3OS/c11-10(12,13)7-2-1-6(5-15-7)8(17)16-9-14-3-4-18-9/h1-5H,(H,14,16,17). The minimum absolute atomic E-state index is 0.0400. The first kappa shape index (κ1) is 12.5. The third-order valence-electron chi connectivity index (χ3n) is 1.97. The Bertz CT molecular complexity index is 536. The van der Waals surface area contributed by atoms with Crippen LogP contribution in [0, 0.1) is 0 Å². The average Bonchev–Trinajstić information content (AvgIpc) is 2.81. The number of carbonyl (C=O) groups excluding carboxylic acids is 1. The maximum Gasteiger partial charge on any atom is 0.433 e. The molecular weight excluding hydrogens is 267 g/mol. The number of carbonyl (C=O) groups is 1. The van der Waals surface area contributed by atoms with Crippen molar-refractivity contribution in [3.8, 4) is 0 Å². The predicted octanol–water partition coefficient (Wildman–Crippen LogP) is 2.81. The molecule has 2 heterocycles. The van der Waals surface area contributed by atoms with Gasteiger partial charge in [-0.25, -0.2) is 4.98 Å². The number of nitrogens with one attached hydrogen (secondary N) is 1. The molecule has 18 heavy (non-hydrogen) atoms. The second-order valence-electron chi connectivity index (χ2n) is 3.22. The number of nitrogens with zero attached hydrogens (tertiary/aromatic N) is 2. The van der Waals surface area contributed by atoms with Crippen molar-refractivity contribution in [3.05, 3.63) is 41.2 Å².